The van der Waals surface area contributed by atoms with Crippen molar-refractivity contribution >= 4 is 27.8 Å². The number of hydrogen-bond acceptors (Lipinski definition) is 4. The fourth-order valence-corrected chi connectivity index (χ4v) is 2.60. The van der Waals surface area contributed by atoms with E-state index in [0.29, 0.717) is 6.42 Å². The molecule has 0 saturated heterocycles. The van der Waals surface area contributed by atoms with Crippen molar-refractivity contribution in [2.75, 3.05) is 7.11 Å². The van der Waals surface area contributed by atoms with Crippen LogP contribution >= 0.6 is 0 Å². The lowest BCUT2D eigenvalue weighted by Crippen LogP contribution is -2.33. The fourth-order valence-electron chi connectivity index (χ4n) is 2.60. The monoisotopic (exact) mass is 280 g/mol. The number of ether oxygens (including phenoxy) is 1. The number of benzene rings is 2. The molecule has 0 aliphatic heterocycles. The van der Waals surface area contributed by atoms with E-state index in [1.165, 1.54) is 7.11 Å². The highest BCUT2D eigenvalue weighted by Crippen LogP contribution is 2.26. The van der Waals surface area contributed by atoms with Crippen molar-refractivity contribution in [3.8, 4) is 0 Å². The summed E-state index contributed by atoms with van der Waals surface area (Å²) in [5.74, 6) is -0.403. The van der Waals surface area contributed by atoms with Gasteiger partial charge in [0.15, 0.2) is 0 Å². The van der Waals surface area contributed by atoms with Gasteiger partial charge in [-0.1, -0.05) is 36.4 Å². The van der Waals surface area contributed by atoms with Crippen molar-refractivity contribution in [3.63, 3.8) is 0 Å². The Bertz CT molecular complexity index is 760. The number of nitrogens with two attached hydrogens (primary N) is 1. The molecule has 0 saturated carbocycles. The standard InChI is InChI=1S/C17H16N2O2/c1-21-17(20)14(18)10-13-11-6-2-4-8-15(11)19-16-9-5-3-7-12(13)16/h2-9,14H,10,18H2,1H3. The molecule has 2 N–H and O–H groups in total. The maximum Gasteiger partial charge on any atom is 0.322 e. The van der Waals surface area contributed by atoms with E-state index in [0.717, 1.165) is 27.4 Å². The molecular formula is C17H16N2O2. The second-order valence-corrected chi connectivity index (χ2v) is 4.96. The fraction of sp³-hybridized carbons (Fsp3) is 0.176. The van der Waals surface area contributed by atoms with Crippen LogP contribution in [0, 0.1) is 0 Å². The van der Waals surface area contributed by atoms with Crippen LogP contribution in [0.3, 0.4) is 0 Å². The molecule has 1 heterocycles. The lowest BCUT2D eigenvalue weighted by Gasteiger charge is -2.14. The van der Waals surface area contributed by atoms with Gasteiger partial charge in [0.25, 0.3) is 0 Å². The Labute approximate surface area is 122 Å². The van der Waals surface area contributed by atoms with Crippen LogP contribution in [-0.2, 0) is 16.0 Å². The predicted octanol–water partition coefficient (Wildman–Crippen LogP) is 2.43. The molecule has 0 radical (unpaired) electrons. The quantitative estimate of drug-likeness (QED) is 0.591. The first-order valence-corrected chi connectivity index (χ1v) is 6.80. The van der Waals surface area contributed by atoms with Crippen LogP contribution in [0.1, 0.15) is 5.56 Å². The highest BCUT2D eigenvalue weighted by atomic mass is 16.5. The molecule has 0 aliphatic rings. The summed E-state index contributed by atoms with van der Waals surface area (Å²) in [5.41, 5.74) is 8.79. The molecule has 1 atom stereocenters. The maximum absolute atomic E-state index is 11.6. The largest absolute Gasteiger partial charge is 0.468 e. The molecular weight excluding hydrogens is 264 g/mol. The van der Waals surface area contributed by atoms with Gasteiger partial charge in [0.1, 0.15) is 6.04 Å². The number of pyridine rings is 1. The third kappa shape index (κ3) is 2.45. The summed E-state index contributed by atoms with van der Waals surface area (Å²) in [7, 11) is 1.35. The number of carbonyl (C=O) groups is 1. The predicted molar refractivity (Wildman–Crippen MR) is 82.9 cm³/mol. The Morgan fingerprint density at radius 1 is 1.10 bits per heavy atom. The van der Waals surface area contributed by atoms with E-state index in [1.807, 2.05) is 48.5 Å². The first-order chi connectivity index (χ1) is 10.2. The van der Waals surface area contributed by atoms with Gasteiger partial charge in [-0.05, 0) is 24.1 Å². The number of fused-ring (bicyclic) bond motifs is 2. The third-order valence-electron chi connectivity index (χ3n) is 3.63. The topological polar surface area (TPSA) is 65.2 Å². The zero-order valence-electron chi connectivity index (χ0n) is 11.7. The molecule has 4 nitrogen and oxygen atoms in total. The average Bonchev–Trinajstić information content (AvgIpc) is 2.53. The summed E-state index contributed by atoms with van der Waals surface area (Å²) in [6.45, 7) is 0. The summed E-state index contributed by atoms with van der Waals surface area (Å²) in [4.78, 5) is 16.3. The Morgan fingerprint density at radius 2 is 1.62 bits per heavy atom. The average molecular weight is 280 g/mol. The molecule has 0 amide bonds. The molecule has 106 valence electrons. The van der Waals surface area contributed by atoms with Gasteiger partial charge < -0.3 is 10.5 Å². The molecule has 2 aromatic carbocycles. The van der Waals surface area contributed by atoms with E-state index in [1.54, 1.807) is 0 Å². The first kappa shape index (κ1) is 13.5. The van der Waals surface area contributed by atoms with Gasteiger partial charge in [-0.2, -0.15) is 0 Å². The highest BCUT2D eigenvalue weighted by Gasteiger charge is 2.18. The second-order valence-electron chi connectivity index (χ2n) is 4.96. The normalized spacial score (nSPS) is 12.5. The van der Waals surface area contributed by atoms with Crippen LogP contribution in [0.4, 0.5) is 0 Å². The molecule has 0 bridgehead atoms. The van der Waals surface area contributed by atoms with Gasteiger partial charge in [0.2, 0.25) is 0 Å². The minimum Gasteiger partial charge on any atom is -0.468 e. The van der Waals surface area contributed by atoms with Crippen LogP contribution in [0.5, 0.6) is 0 Å². The number of rotatable bonds is 3. The van der Waals surface area contributed by atoms with Crippen molar-refractivity contribution in [1.29, 1.82) is 0 Å². The minimum atomic E-state index is -0.677. The van der Waals surface area contributed by atoms with Gasteiger partial charge >= 0.3 is 5.97 Å². The summed E-state index contributed by atoms with van der Waals surface area (Å²) >= 11 is 0. The first-order valence-electron chi connectivity index (χ1n) is 6.80. The molecule has 0 aliphatic carbocycles. The zero-order chi connectivity index (χ0) is 14.8. The Morgan fingerprint density at radius 3 is 2.14 bits per heavy atom. The van der Waals surface area contributed by atoms with Crippen molar-refractivity contribution in [1.82, 2.24) is 4.98 Å². The van der Waals surface area contributed by atoms with Crippen LogP contribution in [0.15, 0.2) is 48.5 Å². The van der Waals surface area contributed by atoms with E-state index < -0.39 is 12.0 Å². The molecule has 4 heteroatoms. The molecule has 3 aromatic rings. The van der Waals surface area contributed by atoms with Crippen LogP contribution in [0.25, 0.3) is 21.8 Å². The summed E-state index contributed by atoms with van der Waals surface area (Å²) < 4.78 is 4.73. The number of methoxy groups -OCH3 is 1. The van der Waals surface area contributed by atoms with Crippen molar-refractivity contribution in [2.45, 2.75) is 12.5 Å². The zero-order valence-corrected chi connectivity index (χ0v) is 11.7. The summed E-state index contributed by atoms with van der Waals surface area (Å²) in [6.07, 6.45) is 0.427. The maximum atomic E-state index is 11.6. The van der Waals surface area contributed by atoms with E-state index in [2.05, 4.69) is 4.98 Å². The van der Waals surface area contributed by atoms with E-state index in [4.69, 9.17) is 10.5 Å². The number of para-hydroxylation sites is 2. The second kappa shape index (κ2) is 5.50. The lowest BCUT2D eigenvalue weighted by atomic mass is 9.97. The Balaban J connectivity index is 2.22. The number of aromatic nitrogens is 1. The van der Waals surface area contributed by atoms with Crippen molar-refractivity contribution in [2.24, 2.45) is 5.73 Å². The molecule has 3 rings (SSSR count). The number of esters is 1. The van der Waals surface area contributed by atoms with Crippen LogP contribution < -0.4 is 5.73 Å². The third-order valence-corrected chi connectivity index (χ3v) is 3.63. The molecule has 1 unspecified atom stereocenters. The van der Waals surface area contributed by atoms with Crippen LogP contribution in [0.2, 0.25) is 0 Å². The summed E-state index contributed by atoms with van der Waals surface area (Å²) in [5, 5.41) is 2.05. The van der Waals surface area contributed by atoms with Gasteiger partial charge in [0, 0.05) is 10.8 Å². The minimum absolute atomic E-state index is 0.403. The van der Waals surface area contributed by atoms with Crippen molar-refractivity contribution < 1.29 is 9.53 Å². The number of hydrogen-bond donors (Lipinski definition) is 1. The van der Waals surface area contributed by atoms with Crippen molar-refractivity contribution in [3.05, 3.63) is 54.1 Å². The number of nitrogens with zero attached hydrogens (tertiary/aromatic N) is 1. The lowest BCUT2D eigenvalue weighted by molar-refractivity contribution is -0.142. The molecule has 1 aromatic heterocycles. The van der Waals surface area contributed by atoms with Gasteiger partial charge in [0.05, 0.1) is 18.1 Å². The molecule has 0 fully saturated rings. The van der Waals surface area contributed by atoms with Crippen LogP contribution in [-0.4, -0.2) is 24.1 Å². The Hall–Kier alpha value is -2.46. The molecule has 21 heavy (non-hydrogen) atoms. The van der Waals surface area contributed by atoms with E-state index in [-0.39, 0.29) is 0 Å². The SMILES string of the molecule is COC(=O)C(N)Cc1c2ccccc2nc2ccccc12. The van der Waals surface area contributed by atoms with Gasteiger partial charge in [-0.25, -0.2) is 4.98 Å². The van der Waals surface area contributed by atoms with E-state index in [9.17, 15) is 4.79 Å². The summed E-state index contributed by atoms with van der Waals surface area (Å²) in [6, 6.07) is 15.1. The van der Waals surface area contributed by atoms with E-state index >= 15 is 0 Å². The highest BCUT2D eigenvalue weighted by molar-refractivity contribution is 5.98. The van der Waals surface area contributed by atoms with Gasteiger partial charge in [-0.15, -0.1) is 0 Å². The Kier molecular flexibility index (Phi) is 3.54. The smallest absolute Gasteiger partial charge is 0.322 e. The number of carbonyl (C=O) groups excluding carboxylic acids is 1. The molecule has 0 spiro atoms. The van der Waals surface area contributed by atoms with Gasteiger partial charge in [-0.3, -0.25) is 4.79 Å².